The van der Waals surface area contributed by atoms with Crippen LogP contribution in [-0.4, -0.2) is 0 Å². The van der Waals surface area contributed by atoms with Crippen LogP contribution in [0.25, 0.3) is 0 Å². The highest BCUT2D eigenvalue weighted by molar-refractivity contribution is 7.99. The van der Waals surface area contributed by atoms with Gasteiger partial charge in [-0.05, 0) is 79.6 Å². The Morgan fingerprint density at radius 3 is 1.62 bits per heavy atom. The maximum atomic E-state index is 13.5. The molecule has 0 unspecified atom stereocenters. The lowest BCUT2D eigenvalue weighted by atomic mass is 10.1. The molecule has 0 heterocycles. The smallest absolute Gasteiger partial charge is 0.386 e. The molecule has 0 aromatic heterocycles. The Hall–Kier alpha value is -3.14. The molecule has 0 atom stereocenters. The molecule has 162 valence electrons. The average Bonchev–Trinajstić information content (AvgIpc) is 2.79. The summed E-state index contributed by atoms with van der Waals surface area (Å²) in [7, 11) is -3.99. The van der Waals surface area contributed by atoms with Gasteiger partial charge in [0, 0.05) is 9.79 Å². The molecule has 0 bridgehead atoms. The summed E-state index contributed by atoms with van der Waals surface area (Å²) in [6, 6.07) is 31.3. The summed E-state index contributed by atoms with van der Waals surface area (Å²) in [5.41, 5.74) is 2.52. The van der Waals surface area contributed by atoms with Crippen molar-refractivity contribution in [1.29, 1.82) is 0 Å². The van der Waals surface area contributed by atoms with Crippen LogP contribution in [0.5, 0.6) is 17.2 Å². The first-order valence-corrected chi connectivity index (χ1v) is 12.4. The van der Waals surface area contributed by atoms with Crippen LogP contribution >= 0.6 is 19.6 Å². The van der Waals surface area contributed by atoms with Crippen molar-refractivity contribution in [3.63, 3.8) is 0 Å². The highest BCUT2D eigenvalue weighted by Gasteiger charge is 2.33. The summed E-state index contributed by atoms with van der Waals surface area (Å²) in [5, 5.41) is 0. The SMILES string of the molecule is Cc1cccc(Sc2ccc(OP(=O)(Oc3ccccc3)Oc3ccccc3)cc2)c1C. The fraction of sp³-hybridized carbons (Fsp3) is 0.0769. The lowest BCUT2D eigenvalue weighted by Gasteiger charge is -2.19. The van der Waals surface area contributed by atoms with Crippen molar-refractivity contribution in [1.82, 2.24) is 0 Å². The molecular weight excluding hydrogens is 439 g/mol. The molecule has 6 heteroatoms. The summed E-state index contributed by atoms with van der Waals surface area (Å²) in [4.78, 5) is 2.25. The minimum atomic E-state index is -3.99. The minimum absolute atomic E-state index is 0.394. The Morgan fingerprint density at radius 1 is 0.594 bits per heavy atom. The molecule has 4 rings (SSSR count). The Balaban J connectivity index is 1.53. The van der Waals surface area contributed by atoms with E-state index in [1.807, 2.05) is 24.3 Å². The number of phosphoric ester groups is 1. The number of phosphoric acid groups is 1. The van der Waals surface area contributed by atoms with E-state index in [1.165, 1.54) is 16.0 Å². The number of hydrogen-bond acceptors (Lipinski definition) is 5. The number of benzene rings is 4. The van der Waals surface area contributed by atoms with Crippen molar-refractivity contribution in [2.24, 2.45) is 0 Å². The van der Waals surface area contributed by atoms with Gasteiger partial charge in [0.25, 0.3) is 0 Å². The molecule has 0 N–H and O–H groups in total. The maximum Gasteiger partial charge on any atom is 0.647 e. The lowest BCUT2D eigenvalue weighted by molar-refractivity contribution is 0.298. The van der Waals surface area contributed by atoms with Crippen LogP contribution in [0.3, 0.4) is 0 Å². The quantitative estimate of drug-likeness (QED) is 0.248. The molecule has 0 aliphatic heterocycles. The van der Waals surface area contributed by atoms with E-state index in [2.05, 4.69) is 32.0 Å². The first-order valence-electron chi connectivity index (χ1n) is 10.1. The van der Waals surface area contributed by atoms with E-state index in [0.717, 1.165) is 4.90 Å². The molecule has 4 aromatic rings. The van der Waals surface area contributed by atoms with Crippen LogP contribution in [0.15, 0.2) is 113 Å². The molecule has 0 amide bonds. The van der Waals surface area contributed by atoms with Crippen molar-refractivity contribution in [2.75, 3.05) is 0 Å². The first-order chi connectivity index (χ1) is 15.5. The molecule has 0 aliphatic rings. The molecule has 4 aromatic carbocycles. The fourth-order valence-corrected chi connectivity index (χ4v) is 5.17. The van der Waals surface area contributed by atoms with Gasteiger partial charge >= 0.3 is 7.82 Å². The van der Waals surface area contributed by atoms with Gasteiger partial charge in [0.1, 0.15) is 17.2 Å². The number of para-hydroxylation sites is 2. The second-order valence-corrected chi connectivity index (χ2v) is 9.68. The zero-order valence-electron chi connectivity index (χ0n) is 17.8. The number of rotatable bonds is 8. The number of aryl methyl sites for hydroxylation is 1. The highest BCUT2D eigenvalue weighted by atomic mass is 32.2. The van der Waals surface area contributed by atoms with E-state index in [0.29, 0.717) is 17.2 Å². The third-order valence-corrected chi connectivity index (χ3v) is 7.22. The van der Waals surface area contributed by atoms with Gasteiger partial charge in [-0.25, -0.2) is 0 Å². The zero-order chi connectivity index (χ0) is 22.4. The normalized spacial score (nSPS) is 11.1. The summed E-state index contributed by atoms with van der Waals surface area (Å²) >= 11 is 1.67. The summed E-state index contributed by atoms with van der Waals surface area (Å²) in [5.74, 6) is 1.19. The fourth-order valence-electron chi connectivity index (χ4n) is 2.94. The second-order valence-electron chi connectivity index (χ2n) is 7.12. The van der Waals surface area contributed by atoms with Gasteiger partial charge in [-0.15, -0.1) is 0 Å². The third kappa shape index (κ3) is 5.76. The van der Waals surface area contributed by atoms with Gasteiger partial charge in [-0.1, -0.05) is 60.3 Å². The van der Waals surface area contributed by atoms with Crippen molar-refractivity contribution < 1.29 is 18.1 Å². The van der Waals surface area contributed by atoms with Crippen LogP contribution in [-0.2, 0) is 4.57 Å². The summed E-state index contributed by atoms with van der Waals surface area (Å²) in [6.07, 6.45) is 0. The van der Waals surface area contributed by atoms with E-state index in [9.17, 15) is 4.57 Å². The van der Waals surface area contributed by atoms with Crippen LogP contribution in [0.4, 0.5) is 0 Å². The van der Waals surface area contributed by atoms with Gasteiger partial charge in [0.15, 0.2) is 0 Å². The number of hydrogen-bond donors (Lipinski definition) is 0. The maximum absolute atomic E-state index is 13.5. The van der Waals surface area contributed by atoms with Gasteiger partial charge in [0.2, 0.25) is 0 Å². The molecule has 0 saturated carbocycles. The average molecular weight is 463 g/mol. The van der Waals surface area contributed by atoms with Crippen molar-refractivity contribution in [3.05, 3.63) is 114 Å². The standard InChI is InChI=1S/C26H23O4PS/c1-20-10-9-15-26(21(20)2)32-25-18-16-24(17-19-25)30-31(27,28-22-11-5-3-6-12-22)29-23-13-7-4-8-14-23/h3-19H,1-2H3. The summed E-state index contributed by atoms with van der Waals surface area (Å²) < 4.78 is 30.6. The van der Waals surface area contributed by atoms with Gasteiger partial charge in [-0.3, -0.25) is 0 Å². The predicted molar refractivity (Wildman–Crippen MR) is 129 cm³/mol. The molecule has 4 nitrogen and oxygen atoms in total. The van der Waals surface area contributed by atoms with Crippen LogP contribution in [0.1, 0.15) is 11.1 Å². The zero-order valence-corrected chi connectivity index (χ0v) is 19.5. The first kappa shape index (κ1) is 22.1. The van der Waals surface area contributed by atoms with Gasteiger partial charge in [-0.2, -0.15) is 4.57 Å². The highest BCUT2D eigenvalue weighted by Crippen LogP contribution is 2.49. The molecule has 0 aliphatic carbocycles. The third-order valence-electron chi connectivity index (χ3n) is 4.74. The topological polar surface area (TPSA) is 44.8 Å². The Bertz CT molecular complexity index is 1170. The Morgan fingerprint density at radius 2 is 1.09 bits per heavy atom. The monoisotopic (exact) mass is 462 g/mol. The van der Waals surface area contributed by atoms with Crippen LogP contribution in [0, 0.1) is 13.8 Å². The largest absolute Gasteiger partial charge is 0.647 e. The molecule has 0 radical (unpaired) electrons. The van der Waals surface area contributed by atoms with Crippen molar-refractivity contribution in [2.45, 2.75) is 23.6 Å². The van der Waals surface area contributed by atoms with E-state index < -0.39 is 7.82 Å². The minimum Gasteiger partial charge on any atom is -0.386 e. The van der Waals surface area contributed by atoms with E-state index in [4.69, 9.17) is 13.6 Å². The van der Waals surface area contributed by atoms with Gasteiger partial charge in [0.05, 0.1) is 0 Å². The van der Waals surface area contributed by atoms with E-state index in [1.54, 1.807) is 72.4 Å². The van der Waals surface area contributed by atoms with Crippen molar-refractivity contribution >= 4 is 19.6 Å². The Kier molecular flexibility index (Phi) is 6.89. The lowest BCUT2D eigenvalue weighted by Crippen LogP contribution is -2.07. The predicted octanol–water partition coefficient (Wildman–Crippen LogP) is 8.10. The van der Waals surface area contributed by atoms with Crippen LogP contribution in [0.2, 0.25) is 0 Å². The Labute approximate surface area is 192 Å². The van der Waals surface area contributed by atoms with Gasteiger partial charge < -0.3 is 13.6 Å². The molecule has 0 saturated heterocycles. The molecule has 32 heavy (non-hydrogen) atoms. The molecular formula is C26H23O4PS. The van der Waals surface area contributed by atoms with Crippen molar-refractivity contribution in [3.8, 4) is 17.2 Å². The second kappa shape index (κ2) is 9.99. The van der Waals surface area contributed by atoms with E-state index >= 15 is 0 Å². The summed E-state index contributed by atoms with van der Waals surface area (Å²) in [6.45, 7) is 4.22. The molecule has 0 fully saturated rings. The van der Waals surface area contributed by atoms with E-state index in [-0.39, 0.29) is 0 Å². The molecule has 0 spiro atoms. The van der Waals surface area contributed by atoms with Crippen LogP contribution < -0.4 is 13.6 Å².